The highest BCUT2D eigenvalue weighted by atomic mass is 19.1. The van der Waals surface area contributed by atoms with Crippen molar-refractivity contribution in [1.29, 1.82) is 0 Å². The summed E-state index contributed by atoms with van der Waals surface area (Å²) in [6, 6.07) is 4.55. The van der Waals surface area contributed by atoms with Crippen molar-refractivity contribution < 1.29 is 4.39 Å². The number of anilines is 1. The van der Waals surface area contributed by atoms with E-state index in [2.05, 4.69) is 15.2 Å². The van der Waals surface area contributed by atoms with E-state index < -0.39 is 5.82 Å². The fourth-order valence-corrected chi connectivity index (χ4v) is 1.08. The van der Waals surface area contributed by atoms with E-state index in [1.54, 1.807) is 12.1 Å². The topological polar surface area (TPSA) is 67.6 Å². The van der Waals surface area contributed by atoms with Crippen molar-refractivity contribution in [3.8, 4) is 11.4 Å². The largest absolute Gasteiger partial charge is 0.396 e. The van der Waals surface area contributed by atoms with Crippen LogP contribution in [0.2, 0.25) is 0 Å². The molecule has 0 fully saturated rings. The first kappa shape index (κ1) is 7.72. The third-order valence-electron chi connectivity index (χ3n) is 1.72. The normalized spacial score (nSPS) is 10.2. The molecular formula is C8H7FN4. The van der Waals surface area contributed by atoms with Crippen molar-refractivity contribution in [2.45, 2.75) is 0 Å². The number of hydrogen-bond acceptors (Lipinski definition) is 3. The molecule has 0 spiro atoms. The average molecular weight is 178 g/mol. The molecule has 0 radical (unpaired) electrons. The van der Waals surface area contributed by atoms with E-state index in [9.17, 15) is 4.39 Å². The van der Waals surface area contributed by atoms with Crippen molar-refractivity contribution in [3.05, 3.63) is 30.3 Å². The summed E-state index contributed by atoms with van der Waals surface area (Å²) >= 11 is 0. The van der Waals surface area contributed by atoms with Gasteiger partial charge in [-0.1, -0.05) is 6.07 Å². The van der Waals surface area contributed by atoms with Gasteiger partial charge >= 0.3 is 0 Å². The molecule has 0 saturated carbocycles. The number of aromatic amines is 1. The maximum Gasteiger partial charge on any atom is 0.157 e. The zero-order valence-corrected chi connectivity index (χ0v) is 6.66. The highest BCUT2D eigenvalue weighted by Crippen LogP contribution is 2.23. The summed E-state index contributed by atoms with van der Waals surface area (Å²) < 4.78 is 13.0. The number of H-pyrrole nitrogens is 1. The molecule has 0 amide bonds. The monoisotopic (exact) mass is 178 g/mol. The van der Waals surface area contributed by atoms with E-state index in [1.165, 1.54) is 12.4 Å². The SMILES string of the molecule is Nc1c(F)cccc1-c1ncn[nH]1. The Morgan fingerprint density at radius 1 is 1.38 bits per heavy atom. The maximum atomic E-state index is 13.0. The molecule has 0 aliphatic carbocycles. The first-order valence-electron chi connectivity index (χ1n) is 3.69. The Kier molecular flexibility index (Phi) is 1.70. The van der Waals surface area contributed by atoms with Gasteiger partial charge in [-0.25, -0.2) is 9.37 Å². The molecule has 2 aromatic rings. The van der Waals surface area contributed by atoms with Crippen LogP contribution in [0, 0.1) is 5.82 Å². The highest BCUT2D eigenvalue weighted by molar-refractivity contribution is 5.71. The molecule has 0 atom stereocenters. The van der Waals surface area contributed by atoms with Crippen LogP contribution in [-0.4, -0.2) is 15.2 Å². The van der Waals surface area contributed by atoms with E-state index in [0.717, 1.165) is 0 Å². The van der Waals surface area contributed by atoms with Gasteiger partial charge in [-0.3, -0.25) is 5.10 Å². The zero-order chi connectivity index (χ0) is 9.26. The Bertz CT molecular complexity index is 410. The first-order valence-corrected chi connectivity index (χ1v) is 3.69. The standard InChI is InChI=1S/C8H7FN4/c9-6-3-1-2-5(7(6)10)8-11-4-12-13-8/h1-4H,10H2,(H,11,12,13). The van der Waals surface area contributed by atoms with E-state index in [-0.39, 0.29) is 5.69 Å². The van der Waals surface area contributed by atoms with Crippen molar-refractivity contribution in [3.63, 3.8) is 0 Å². The van der Waals surface area contributed by atoms with Gasteiger partial charge in [0.25, 0.3) is 0 Å². The van der Waals surface area contributed by atoms with Crippen molar-refractivity contribution in [1.82, 2.24) is 15.2 Å². The van der Waals surface area contributed by atoms with E-state index >= 15 is 0 Å². The summed E-state index contributed by atoms with van der Waals surface area (Å²) in [7, 11) is 0. The van der Waals surface area contributed by atoms with Crippen LogP contribution >= 0.6 is 0 Å². The lowest BCUT2D eigenvalue weighted by atomic mass is 10.1. The Morgan fingerprint density at radius 2 is 2.23 bits per heavy atom. The Morgan fingerprint density at radius 3 is 2.92 bits per heavy atom. The minimum atomic E-state index is -0.450. The number of hydrogen-bond donors (Lipinski definition) is 2. The number of rotatable bonds is 1. The summed E-state index contributed by atoms with van der Waals surface area (Å²) in [6.45, 7) is 0. The minimum Gasteiger partial charge on any atom is -0.396 e. The van der Waals surface area contributed by atoms with Crippen molar-refractivity contribution in [2.75, 3.05) is 5.73 Å². The Hall–Kier alpha value is -1.91. The van der Waals surface area contributed by atoms with Gasteiger partial charge in [-0.2, -0.15) is 5.10 Å². The molecule has 2 rings (SSSR count). The minimum absolute atomic E-state index is 0.0826. The summed E-state index contributed by atoms with van der Waals surface area (Å²) in [5, 5.41) is 6.27. The van der Waals surface area contributed by atoms with Gasteiger partial charge in [-0.15, -0.1) is 0 Å². The van der Waals surface area contributed by atoms with Gasteiger partial charge in [0, 0.05) is 5.56 Å². The van der Waals surface area contributed by atoms with Gasteiger partial charge in [0.15, 0.2) is 5.82 Å². The van der Waals surface area contributed by atoms with Crippen molar-refractivity contribution >= 4 is 5.69 Å². The molecule has 0 bridgehead atoms. The van der Waals surface area contributed by atoms with Crippen molar-refractivity contribution in [2.24, 2.45) is 0 Å². The Balaban J connectivity index is 2.59. The zero-order valence-electron chi connectivity index (χ0n) is 6.66. The first-order chi connectivity index (χ1) is 6.29. The van der Waals surface area contributed by atoms with Gasteiger partial charge in [0.2, 0.25) is 0 Å². The van der Waals surface area contributed by atoms with E-state index in [1.807, 2.05) is 0 Å². The van der Waals surface area contributed by atoms with Gasteiger partial charge in [0.05, 0.1) is 5.69 Å². The van der Waals surface area contributed by atoms with E-state index in [4.69, 9.17) is 5.73 Å². The number of aromatic nitrogens is 3. The lowest BCUT2D eigenvalue weighted by molar-refractivity contribution is 0.633. The molecule has 0 unspecified atom stereocenters. The second-order valence-corrected chi connectivity index (χ2v) is 2.54. The summed E-state index contributed by atoms with van der Waals surface area (Å²) in [5.41, 5.74) is 6.12. The molecule has 0 aliphatic heterocycles. The molecular weight excluding hydrogens is 171 g/mol. The smallest absolute Gasteiger partial charge is 0.157 e. The average Bonchev–Trinajstić information content (AvgIpc) is 2.62. The van der Waals surface area contributed by atoms with Crippen LogP contribution in [0.25, 0.3) is 11.4 Å². The van der Waals surface area contributed by atoms with Crippen LogP contribution in [0.4, 0.5) is 10.1 Å². The van der Waals surface area contributed by atoms with Crippen LogP contribution in [0.3, 0.4) is 0 Å². The molecule has 0 saturated heterocycles. The molecule has 1 aromatic heterocycles. The van der Waals surface area contributed by atoms with Crippen LogP contribution in [0.15, 0.2) is 24.5 Å². The number of nitrogens with one attached hydrogen (secondary N) is 1. The number of nitrogens with two attached hydrogens (primary N) is 1. The Labute approximate surface area is 73.6 Å². The number of nitrogens with zero attached hydrogens (tertiary/aromatic N) is 2. The molecule has 3 N–H and O–H groups in total. The predicted octanol–water partition coefficient (Wildman–Crippen LogP) is 1.19. The molecule has 5 heteroatoms. The molecule has 0 aliphatic rings. The third kappa shape index (κ3) is 1.24. The second-order valence-electron chi connectivity index (χ2n) is 2.54. The molecule has 1 aromatic carbocycles. The molecule has 1 heterocycles. The molecule has 13 heavy (non-hydrogen) atoms. The summed E-state index contributed by atoms with van der Waals surface area (Å²) in [4.78, 5) is 3.88. The number of para-hydroxylation sites is 1. The van der Waals surface area contributed by atoms with Gasteiger partial charge in [0.1, 0.15) is 12.1 Å². The lowest BCUT2D eigenvalue weighted by Gasteiger charge is -2.01. The lowest BCUT2D eigenvalue weighted by Crippen LogP contribution is -1.94. The maximum absolute atomic E-state index is 13.0. The van der Waals surface area contributed by atoms with Crippen LogP contribution in [0.1, 0.15) is 0 Å². The van der Waals surface area contributed by atoms with E-state index in [0.29, 0.717) is 11.4 Å². The number of benzene rings is 1. The van der Waals surface area contributed by atoms with Crippen LogP contribution < -0.4 is 5.73 Å². The van der Waals surface area contributed by atoms with Crippen LogP contribution in [-0.2, 0) is 0 Å². The highest BCUT2D eigenvalue weighted by Gasteiger charge is 2.07. The number of nitrogen functional groups attached to an aromatic ring is 1. The third-order valence-corrected chi connectivity index (χ3v) is 1.72. The summed E-state index contributed by atoms with van der Waals surface area (Å²) in [6.07, 6.45) is 1.35. The predicted molar refractivity (Wildman–Crippen MR) is 46.2 cm³/mol. The quantitative estimate of drug-likeness (QED) is 0.644. The molecule has 4 nitrogen and oxygen atoms in total. The fourth-order valence-electron chi connectivity index (χ4n) is 1.08. The van der Waals surface area contributed by atoms with Gasteiger partial charge in [-0.05, 0) is 12.1 Å². The number of halogens is 1. The van der Waals surface area contributed by atoms with Gasteiger partial charge < -0.3 is 5.73 Å². The second kappa shape index (κ2) is 2.85. The fraction of sp³-hybridized carbons (Fsp3) is 0. The molecule has 66 valence electrons. The van der Waals surface area contributed by atoms with Crippen LogP contribution in [0.5, 0.6) is 0 Å². The summed E-state index contributed by atoms with van der Waals surface area (Å²) in [5.74, 6) is 0.0194.